The van der Waals surface area contributed by atoms with E-state index in [1.165, 1.54) is 5.69 Å². The minimum atomic E-state index is 0.775. The molecule has 0 atom stereocenters. The molecule has 0 aliphatic heterocycles. The molecule has 0 saturated carbocycles. The number of rotatable bonds is 7. The predicted molar refractivity (Wildman–Crippen MR) is 56.1 cm³/mol. The van der Waals surface area contributed by atoms with Gasteiger partial charge in [0.05, 0.1) is 18.6 Å². The molecule has 14 heavy (non-hydrogen) atoms. The lowest BCUT2D eigenvalue weighted by Crippen LogP contribution is -2.20. The van der Waals surface area contributed by atoms with Gasteiger partial charge in [-0.25, -0.2) is 4.98 Å². The van der Waals surface area contributed by atoms with Crippen LogP contribution in [-0.4, -0.2) is 29.3 Å². The van der Waals surface area contributed by atoms with Crippen LogP contribution in [0.3, 0.4) is 0 Å². The third kappa shape index (κ3) is 3.47. The summed E-state index contributed by atoms with van der Waals surface area (Å²) in [4.78, 5) is 4.10. The van der Waals surface area contributed by atoms with Gasteiger partial charge in [0.1, 0.15) is 0 Å². The van der Waals surface area contributed by atoms with Crippen LogP contribution in [0.15, 0.2) is 12.5 Å². The van der Waals surface area contributed by atoms with Crippen LogP contribution in [0.25, 0.3) is 0 Å². The highest BCUT2D eigenvalue weighted by Crippen LogP contribution is 1.97. The number of hydrogen-bond donors (Lipinski definition) is 1. The number of aromatic nitrogens is 2. The van der Waals surface area contributed by atoms with Crippen molar-refractivity contribution in [1.29, 1.82) is 0 Å². The molecular formula is C10H19N3O. The summed E-state index contributed by atoms with van der Waals surface area (Å²) in [5, 5.41) is 3.31. The van der Waals surface area contributed by atoms with E-state index in [1.807, 2.05) is 19.4 Å². The zero-order valence-electron chi connectivity index (χ0n) is 8.99. The summed E-state index contributed by atoms with van der Waals surface area (Å²) in [6, 6.07) is 0. The Labute approximate surface area is 85.3 Å². The molecule has 1 heterocycles. The van der Waals surface area contributed by atoms with Crippen LogP contribution in [0.5, 0.6) is 0 Å². The predicted octanol–water partition coefficient (Wildman–Crippen LogP) is 1.03. The van der Waals surface area contributed by atoms with Crippen LogP contribution >= 0.6 is 0 Å². The standard InChI is InChI=1S/C10H19N3O/c1-3-13-9-12-8-10(13)7-11-5-6-14-4-2/h8-9,11H,3-7H2,1-2H3. The fourth-order valence-electron chi connectivity index (χ4n) is 1.29. The van der Waals surface area contributed by atoms with E-state index in [1.54, 1.807) is 0 Å². The van der Waals surface area contributed by atoms with Crippen molar-refractivity contribution >= 4 is 0 Å². The average molecular weight is 197 g/mol. The molecular weight excluding hydrogens is 178 g/mol. The highest BCUT2D eigenvalue weighted by atomic mass is 16.5. The maximum Gasteiger partial charge on any atom is 0.0948 e. The van der Waals surface area contributed by atoms with Gasteiger partial charge < -0.3 is 14.6 Å². The van der Waals surface area contributed by atoms with E-state index in [0.717, 1.165) is 32.8 Å². The largest absolute Gasteiger partial charge is 0.380 e. The van der Waals surface area contributed by atoms with Crippen molar-refractivity contribution in [3.63, 3.8) is 0 Å². The van der Waals surface area contributed by atoms with Crippen LogP contribution in [0.2, 0.25) is 0 Å². The number of ether oxygens (including phenoxy) is 1. The Morgan fingerprint density at radius 2 is 2.36 bits per heavy atom. The summed E-state index contributed by atoms with van der Waals surface area (Å²) in [5.41, 5.74) is 1.23. The van der Waals surface area contributed by atoms with E-state index in [2.05, 4.69) is 21.8 Å². The molecule has 1 N–H and O–H groups in total. The van der Waals surface area contributed by atoms with Crippen LogP contribution in [0.4, 0.5) is 0 Å². The fourth-order valence-corrected chi connectivity index (χ4v) is 1.29. The summed E-state index contributed by atoms with van der Waals surface area (Å²) >= 11 is 0. The Morgan fingerprint density at radius 1 is 1.50 bits per heavy atom. The molecule has 0 unspecified atom stereocenters. The van der Waals surface area contributed by atoms with E-state index >= 15 is 0 Å². The summed E-state index contributed by atoms with van der Waals surface area (Å²) in [5.74, 6) is 0. The Morgan fingerprint density at radius 3 is 3.07 bits per heavy atom. The molecule has 0 spiro atoms. The molecule has 0 fully saturated rings. The van der Waals surface area contributed by atoms with Gasteiger partial charge in [0.25, 0.3) is 0 Å². The van der Waals surface area contributed by atoms with Crippen LogP contribution in [-0.2, 0) is 17.8 Å². The van der Waals surface area contributed by atoms with Crippen molar-refractivity contribution in [1.82, 2.24) is 14.9 Å². The third-order valence-corrected chi connectivity index (χ3v) is 2.07. The van der Waals surface area contributed by atoms with Crippen molar-refractivity contribution < 1.29 is 4.74 Å². The van der Waals surface area contributed by atoms with Crippen LogP contribution < -0.4 is 5.32 Å². The zero-order valence-corrected chi connectivity index (χ0v) is 8.99. The number of imidazole rings is 1. The second-order valence-electron chi connectivity index (χ2n) is 3.04. The number of nitrogens with one attached hydrogen (secondary N) is 1. The molecule has 0 bridgehead atoms. The minimum absolute atomic E-state index is 0.775. The van der Waals surface area contributed by atoms with Gasteiger partial charge >= 0.3 is 0 Å². The summed E-state index contributed by atoms with van der Waals surface area (Å²) in [7, 11) is 0. The van der Waals surface area contributed by atoms with Crippen LogP contribution in [0.1, 0.15) is 19.5 Å². The molecule has 1 aromatic rings. The Kier molecular flexibility index (Phi) is 5.25. The Bertz CT molecular complexity index is 247. The summed E-state index contributed by atoms with van der Waals surface area (Å²) in [6.45, 7) is 8.41. The topological polar surface area (TPSA) is 39.1 Å². The second-order valence-corrected chi connectivity index (χ2v) is 3.04. The van der Waals surface area contributed by atoms with Crippen molar-refractivity contribution in [2.75, 3.05) is 19.8 Å². The van der Waals surface area contributed by atoms with Gasteiger partial charge in [0, 0.05) is 32.4 Å². The van der Waals surface area contributed by atoms with E-state index in [4.69, 9.17) is 4.74 Å². The maximum absolute atomic E-state index is 5.22. The summed E-state index contributed by atoms with van der Waals surface area (Å²) < 4.78 is 7.36. The Balaban J connectivity index is 2.17. The van der Waals surface area contributed by atoms with Crippen molar-refractivity contribution in [3.05, 3.63) is 18.2 Å². The SMILES string of the molecule is CCOCCNCc1cncn1CC. The van der Waals surface area contributed by atoms with Crippen molar-refractivity contribution in [3.8, 4) is 0 Å². The molecule has 80 valence electrons. The van der Waals surface area contributed by atoms with Gasteiger partial charge in [-0.2, -0.15) is 0 Å². The van der Waals surface area contributed by atoms with Gasteiger partial charge in [0.15, 0.2) is 0 Å². The molecule has 4 nitrogen and oxygen atoms in total. The smallest absolute Gasteiger partial charge is 0.0948 e. The second kappa shape index (κ2) is 6.56. The molecule has 0 saturated heterocycles. The van der Waals surface area contributed by atoms with Gasteiger partial charge in [0.2, 0.25) is 0 Å². The highest BCUT2D eigenvalue weighted by molar-refractivity contribution is 4.97. The van der Waals surface area contributed by atoms with E-state index in [9.17, 15) is 0 Å². The van der Waals surface area contributed by atoms with Gasteiger partial charge in [-0.15, -0.1) is 0 Å². The molecule has 4 heteroatoms. The molecule has 0 aromatic carbocycles. The first-order chi connectivity index (χ1) is 6.88. The van der Waals surface area contributed by atoms with E-state index < -0.39 is 0 Å². The Hall–Kier alpha value is -0.870. The first-order valence-corrected chi connectivity index (χ1v) is 5.16. The third-order valence-electron chi connectivity index (χ3n) is 2.07. The van der Waals surface area contributed by atoms with E-state index in [0.29, 0.717) is 0 Å². The normalized spacial score (nSPS) is 10.7. The molecule has 0 aliphatic rings. The number of aryl methyl sites for hydroxylation is 1. The fraction of sp³-hybridized carbons (Fsp3) is 0.700. The number of hydrogen-bond acceptors (Lipinski definition) is 3. The van der Waals surface area contributed by atoms with Gasteiger partial charge in [-0.3, -0.25) is 0 Å². The van der Waals surface area contributed by atoms with Crippen LogP contribution in [0, 0.1) is 0 Å². The monoisotopic (exact) mass is 197 g/mol. The van der Waals surface area contributed by atoms with Gasteiger partial charge in [-0.1, -0.05) is 0 Å². The lowest BCUT2D eigenvalue weighted by atomic mass is 10.4. The first-order valence-electron chi connectivity index (χ1n) is 5.16. The lowest BCUT2D eigenvalue weighted by molar-refractivity contribution is 0.149. The lowest BCUT2D eigenvalue weighted by Gasteiger charge is -2.06. The maximum atomic E-state index is 5.22. The first kappa shape index (κ1) is 11.2. The quantitative estimate of drug-likeness (QED) is 0.664. The molecule has 0 amide bonds. The molecule has 0 radical (unpaired) electrons. The number of nitrogens with zero attached hydrogens (tertiary/aromatic N) is 2. The van der Waals surface area contributed by atoms with Gasteiger partial charge in [-0.05, 0) is 13.8 Å². The molecule has 0 aliphatic carbocycles. The highest BCUT2D eigenvalue weighted by Gasteiger charge is 1.98. The van der Waals surface area contributed by atoms with E-state index in [-0.39, 0.29) is 0 Å². The minimum Gasteiger partial charge on any atom is -0.380 e. The summed E-state index contributed by atoms with van der Waals surface area (Å²) in [6.07, 6.45) is 3.76. The average Bonchev–Trinajstić information content (AvgIpc) is 2.65. The zero-order chi connectivity index (χ0) is 10.2. The molecule has 1 rings (SSSR count). The van der Waals surface area contributed by atoms with Crippen molar-refractivity contribution in [2.45, 2.75) is 26.9 Å². The molecule has 1 aromatic heterocycles. The van der Waals surface area contributed by atoms with Crippen molar-refractivity contribution in [2.24, 2.45) is 0 Å².